The van der Waals surface area contributed by atoms with Gasteiger partial charge in [-0.25, -0.2) is 4.98 Å². The maximum Gasteiger partial charge on any atom is 0.214 e. The molecule has 3 rings (SSSR count). The highest BCUT2D eigenvalue weighted by molar-refractivity contribution is 7.20. The van der Waals surface area contributed by atoms with Gasteiger partial charge >= 0.3 is 0 Å². The fourth-order valence-electron chi connectivity index (χ4n) is 1.89. The van der Waals surface area contributed by atoms with Crippen LogP contribution >= 0.6 is 11.3 Å². The number of carbonyl (C=O) groups excluding carboxylic acids is 1. The first-order valence-corrected chi connectivity index (χ1v) is 7.16. The first-order chi connectivity index (χ1) is 10.3. The molecule has 0 aliphatic heterocycles. The highest BCUT2D eigenvalue weighted by Crippen LogP contribution is 2.22. The van der Waals surface area contributed by atoms with Gasteiger partial charge in [-0.3, -0.25) is 4.79 Å². The van der Waals surface area contributed by atoms with Crippen LogP contribution in [-0.2, 0) is 0 Å². The number of allylic oxidation sites excluding steroid dienone is 1. The number of benzene rings is 2. The molecule has 0 unspecified atom stereocenters. The number of nitrogens with zero attached hydrogens (tertiary/aromatic N) is 2. The molecular formula is C17H10N2OS. The van der Waals surface area contributed by atoms with E-state index in [4.69, 9.17) is 5.26 Å². The lowest BCUT2D eigenvalue weighted by atomic mass is 10.1. The van der Waals surface area contributed by atoms with Crippen LogP contribution in [0.4, 0.5) is 0 Å². The quantitative estimate of drug-likeness (QED) is 0.540. The lowest BCUT2D eigenvalue weighted by Crippen LogP contribution is -1.92. The monoisotopic (exact) mass is 290 g/mol. The minimum Gasteiger partial charge on any atom is -0.287 e. The van der Waals surface area contributed by atoms with E-state index < -0.39 is 0 Å². The maximum atomic E-state index is 12.1. The van der Waals surface area contributed by atoms with Crippen LogP contribution in [0.2, 0.25) is 0 Å². The number of nitriles is 1. The molecule has 0 radical (unpaired) electrons. The van der Waals surface area contributed by atoms with E-state index in [2.05, 4.69) is 11.1 Å². The third kappa shape index (κ3) is 2.88. The summed E-state index contributed by atoms with van der Waals surface area (Å²) < 4.78 is 1.01. The average molecular weight is 290 g/mol. The van der Waals surface area contributed by atoms with Gasteiger partial charge in [0.1, 0.15) is 0 Å². The van der Waals surface area contributed by atoms with Gasteiger partial charge in [0.25, 0.3) is 0 Å². The summed E-state index contributed by atoms with van der Waals surface area (Å²) in [5.74, 6) is -0.111. The Morgan fingerprint density at radius 3 is 2.62 bits per heavy atom. The van der Waals surface area contributed by atoms with Gasteiger partial charge < -0.3 is 0 Å². The Hall–Kier alpha value is -2.77. The molecule has 0 bridgehead atoms. The van der Waals surface area contributed by atoms with Crippen LogP contribution in [-0.4, -0.2) is 10.8 Å². The molecule has 0 atom stereocenters. The molecule has 0 N–H and O–H groups in total. The maximum absolute atomic E-state index is 12.1. The Bertz CT molecular complexity index is 837. The van der Waals surface area contributed by atoms with Crippen molar-refractivity contribution < 1.29 is 4.79 Å². The Morgan fingerprint density at radius 2 is 1.90 bits per heavy atom. The Morgan fingerprint density at radius 1 is 1.14 bits per heavy atom. The number of thiazole rings is 1. The summed E-state index contributed by atoms with van der Waals surface area (Å²) in [7, 11) is 0. The van der Waals surface area contributed by atoms with Gasteiger partial charge in [0, 0.05) is 0 Å². The highest BCUT2D eigenvalue weighted by Gasteiger charge is 2.08. The van der Waals surface area contributed by atoms with Crippen LogP contribution in [0.15, 0.2) is 54.6 Å². The van der Waals surface area contributed by atoms with Crippen molar-refractivity contribution in [3.63, 3.8) is 0 Å². The van der Waals surface area contributed by atoms with E-state index in [1.165, 1.54) is 17.4 Å². The molecule has 2 aromatic carbocycles. The van der Waals surface area contributed by atoms with Crippen LogP contribution in [0.1, 0.15) is 20.9 Å². The van der Waals surface area contributed by atoms with Gasteiger partial charge in [-0.2, -0.15) is 5.26 Å². The second kappa shape index (κ2) is 5.70. The fourth-order valence-corrected chi connectivity index (χ4v) is 2.78. The van der Waals surface area contributed by atoms with Gasteiger partial charge in [0.2, 0.25) is 5.78 Å². The molecule has 1 heterocycles. The normalized spacial score (nSPS) is 10.8. The molecule has 0 spiro atoms. The zero-order valence-electron chi connectivity index (χ0n) is 11.0. The minimum atomic E-state index is -0.111. The van der Waals surface area contributed by atoms with Gasteiger partial charge in [-0.15, -0.1) is 11.3 Å². The number of carbonyl (C=O) groups is 1. The Kier molecular flexibility index (Phi) is 3.59. The molecule has 21 heavy (non-hydrogen) atoms. The van der Waals surface area contributed by atoms with E-state index in [9.17, 15) is 4.79 Å². The van der Waals surface area contributed by atoms with E-state index in [0.29, 0.717) is 10.6 Å². The third-order valence-electron chi connectivity index (χ3n) is 2.97. The molecule has 3 nitrogen and oxygen atoms in total. The van der Waals surface area contributed by atoms with Crippen molar-refractivity contribution in [3.05, 3.63) is 70.7 Å². The van der Waals surface area contributed by atoms with Crippen LogP contribution in [0.5, 0.6) is 0 Å². The number of aromatic nitrogens is 1. The zero-order chi connectivity index (χ0) is 14.7. The van der Waals surface area contributed by atoms with E-state index in [0.717, 1.165) is 15.8 Å². The Labute approximate surface area is 125 Å². The molecule has 0 amide bonds. The first kappa shape index (κ1) is 13.2. The van der Waals surface area contributed by atoms with E-state index in [1.54, 1.807) is 30.3 Å². The number of para-hydroxylation sites is 1. The van der Waals surface area contributed by atoms with Gasteiger partial charge in [0.15, 0.2) is 5.01 Å². The molecule has 1 aromatic heterocycles. The van der Waals surface area contributed by atoms with Crippen molar-refractivity contribution in [1.82, 2.24) is 4.98 Å². The van der Waals surface area contributed by atoms with Crippen molar-refractivity contribution in [2.45, 2.75) is 0 Å². The van der Waals surface area contributed by atoms with Gasteiger partial charge in [0.05, 0.1) is 21.8 Å². The van der Waals surface area contributed by atoms with Crippen molar-refractivity contribution in [1.29, 1.82) is 5.26 Å². The topological polar surface area (TPSA) is 53.8 Å². The standard InChI is InChI=1S/C17H10N2OS/c18-11-13-7-5-12(6-8-13)9-10-15(20)17-19-14-3-1-2-4-16(14)21-17/h1-10H. The average Bonchev–Trinajstić information content (AvgIpc) is 2.97. The molecule has 0 aliphatic rings. The number of hydrogen-bond donors (Lipinski definition) is 0. The molecular weight excluding hydrogens is 280 g/mol. The molecule has 100 valence electrons. The predicted octanol–water partition coefficient (Wildman–Crippen LogP) is 4.06. The lowest BCUT2D eigenvalue weighted by molar-refractivity contribution is 0.104. The zero-order valence-corrected chi connectivity index (χ0v) is 11.8. The van der Waals surface area contributed by atoms with Gasteiger partial charge in [-0.1, -0.05) is 30.3 Å². The summed E-state index contributed by atoms with van der Waals surface area (Å²) in [5.41, 5.74) is 2.32. The molecule has 4 heteroatoms. The van der Waals surface area contributed by atoms with Crippen LogP contribution < -0.4 is 0 Å². The molecule has 0 saturated heterocycles. The Balaban J connectivity index is 1.81. The molecule has 0 saturated carbocycles. The van der Waals surface area contributed by atoms with Crippen molar-refractivity contribution in [3.8, 4) is 6.07 Å². The summed E-state index contributed by atoms with van der Waals surface area (Å²) in [5, 5.41) is 9.22. The van der Waals surface area contributed by atoms with Crippen molar-refractivity contribution in [2.24, 2.45) is 0 Å². The smallest absolute Gasteiger partial charge is 0.214 e. The van der Waals surface area contributed by atoms with Crippen LogP contribution in [0.3, 0.4) is 0 Å². The highest BCUT2D eigenvalue weighted by atomic mass is 32.1. The van der Waals surface area contributed by atoms with E-state index in [1.807, 2.05) is 24.3 Å². The predicted molar refractivity (Wildman–Crippen MR) is 84.1 cm³/mol. The van der Waals surface area contributed by atoms with Crippen molar-refractivity contribution >= 4 is 33.4 Å². The van der Waals surface area contributed by atoms with Crippen molar-refractivity contribution in [2.75, 3.05) is 0 Å². The largest absolute Gasteiger partial charge is 0.287 e. The van der Waals surface area contributed by atoms with Crippen LogP contribution in [0, 0.1) is 11.3 Å². The minimum absolute atomic E-state index is 0.111. The molecule has 3 aromatic rings. The van der Waals surface area contributed by atoms with E-state index in [-0.39, 0.29) is 5.78 Å². The number of rotatable bonds is 3. The van der Waals surface area contributed by atoms with E-state index >= 15 is 0 Å². The SMILES string of the molecule is N#Cc1ccc(C=CC(=O)c2nc3ccccc3s2)cc1. The molecule has 0 aliphatic carbocycles. The van der Waals surface area contributed by atoms with Crippen LogP contribution in [0.25, 0.3) is 16.3 Å². The van der Waals surface area contributed by atoms with Gasteiger partial charge in [-0.05, 0) is 35.9 Å². The fraction of sp³-hybridized carbons (Fsp3) is 0. The third-order valence-corrected chi connectivity index (χ3v) is 4.02. The lowest BCUT2D eigenvalue weighted by Gasteiger charge is -1.92. The number of fused-ring (bicyclic) bond motifs is 1. The number of hydrogen-bond acceptors (Lipinski definition) is 4. The second-order valence-electron chi connectivity index (χ2n) is 4.42. The summed E-state index contributed by atoms with van der Waals surface area (Å²) in [6.07, 6.45) is 3.24. The summed E-state index contributed by atoms with van der Waals surface area (Å²) in [4.78, 5) is 16.4. The first-order valence-electron chi connectivity index (χ1n) is 6.34. The second-order valence-corrected chi connectivity index (χ2v) is 5.45. The summed E-state index contributed by atoms with van der Waals surface area (Å²) >= 11 is 1.39. The molecule has 0 fully saturated rings. The summed E-state index contributed by atoms with van der Waals surface area (Å²) in [6, 6.07) is 16.8. The summed E-state index contributed by atoms with van der Waals surface area (Å²) in [6.45, 7) is 0. The number of ketones is 1.